The van der Waals surface area contributed by atoms with Crippen molar-refractivity contribution in [1.29, 1.82) is 0 Å². The number of thiophene rings is 1. The topological polar surface area (TPSA) is 37.3 Å². The fourth-order valence-electron chi connectivity index (χ4n) is 4.08. The highest BCUT2D eigenvalue weighted by atomic mass is 32.1. The monoisotopic (exact) mass is 408 g/mol. The van der Waals surface area contributed by atoms with E-state index in [1.807, 2.05) is 5.38 Å². The van der Waals surface area contributed by atoms with E-state index < -0.39 is 5.97 Å². The van der Waals surface area contributed by atoms with Crippen LogP contribution in [-0.4, -0.2) is 11.1 Å². The molecular weight excluding hydrogens is 364 g/mol. The second-order valence-electron chi connectivity index (χ2n) is 8.45. The predicted octanol–water partition coefficient (Wildman–Crippen LogP) is 8.89. The fraction of sp³-hybridized carbons (Fsp3) is 0.800. The number of hydrogen-bond acceptors (Lipinski definition) is 2. The number of carbonyl (C=O) groups is 1. The van der Waals surface area contributed by atoms with E-state index >= 15 is 0 Å². The van der Waals surface area contributed by atoms with Crippen molar-refractivity contribution in [2.24, 2.45) is 5.92 Å². The molecule has 0 aromatic carbocycles. The molecule has 3 heteroatoms. The van der Waals surface area contributed by atoms with E-state index in [0.717, 1.165) is 11.3 Å². The molecule has 0 aliphatic heterocycles. The Morgan fingerprint density at radius 3 is 1.75 bits per heavy atom. The quantitative estimate of drug-likeness (QED) is 0.232. The second-order valence-corrected chi connectivity index (χ2v) is 9.45. The summed E-state index contributed by atoms with van der Waals surface area (Å²) in [5.74, 6) is -0.107. The molecule has 0 saturated carbocycles. The van der Waals surface area contributed by atoms with Crippen LogP contribution in [0.5, 0.6) is 0 Å². The normalized spacial score (nSPS) is 12.4. The number of carboxylic acid groups (broad SMARTS) is 1. The van der Waals surface area contributed by atoms with Crippen molar-refractivity contribution in [3.63, 3.8) is 0 Å². The lowest BCUT2D eigenvalue weighted by Gasteiger charge is -2.17. The molecule has 0 aliphatic rings. The Bertz CT molecular complexity index is 494. The van der Waals surface area contributed by atoms with Crippen LogP contribution in [0, 0.1) is 5.92 Å². The van der Waals surface area contributed by atoms with Gasteiger partial charge in [0.05, 0.1) is 5.56 Å². The van der Waals surface area contributed by atoms with Gasteiger partial charge in [-0.3, -0.25) is 0 Å². The molecule has 0 fully saturated rings. The summed E-state index contributed by atoms with van der Waals surface area (Å²) in [4.78, 5) is 12.5. The molecule has 1 heterocycles. The highest BCUT2D eigenvalue weighted by Gasteiger charge is 2.16. The van der Waals surface area contributed by atoms with Crippen molar-refractivity contribution in [2.45, 2.75) is 123 Å². The van der Waals surface area contributed by atoms with E-state index in [1.165, 1.54) is 103 Å². The van der Waals surface area contributed by atoms with E-state index in [0.29, 0.717) is 11.5 Å². The SMILES string of the molecule is CCCCCCCCCCC(CCCCCCCC)Cc1sccc1C(=O)O. The van der Waals surface area contributed by atoms with Gasteiger partial charge in [-0.05, 0) is 23.8 Å². The summed E-state index contributed by atoms with van der Waals surface area (Å²) in [6, 6.07) is 1.78. The summed E-state index contributed by atoms with van der Waals surface area (Å²) in [6.45, 7) is 4.54. The van der Waals surface area contributed by atoms with E-state index in [4.69, 9.17) is 0 Å². The van der Waals surface area contributed by atoms with Crippen LogP contribution in [-0.2, 0) is 6.42 Å². The van der Waals surface area contributed by atoms with Crippen molar-refractivity contribution < 1.29 is 9.90 Å². The largest absolute Gasteiger partial charge is 0.478 e. The van der Waals surface area contributed by atoms with Gasteiger partial charge in [0.2, 0.25) is 0 Å². The molecule has 0 radical (unpaired) electrons. The first-order valence-electron chi connectivity index (χ1n) is 12.0. The van der Waals surface area contributed by atoms with Crippen molar-refractivity contribution in [3.05, 3.63) is 21.9 Å². The van der Waals surface area contributed by atoms with Crippen LogP contribution in [0.15, 0.2) is 11.4 Å². The Morgan fingerprint density at radius 2 is 1.29 bits per heavy atom. The van der Waals surface area contributed by atoms with Gasteiger partial charge in [0.25, 0.3) is 0 Å². The molecule has 1 atom stereocenters. The third-order valence-electron chi connectivity index (χ3n) is 5.88. The van der Waals surface area contributed by atoms with Crippen molar-refractivity contribution in [3.8, 4) is 0 Å². The number of hydrogen-bond donors (Lipinski definition) is 1. The Labute approximate surface area is 178 Å². The Morgan fingerprint density at radius 1 is 0.821 bits per heavy atom. The predicted molar refractivity (Wildman–Crippen MR) is 124 cm³/mol. The van der Waals surface area contributed by atoms with E-state index in [-0.39, 0.29) is 0 Å². The number of unbranched alkanes of at least 4 members (excludes halogenated alkanes) is 12. The van der Waals surface area contributed by atoms with Crippen LogP contribution in [0.1, 0.15) is 132 Å². The van der Waals surface area contributed by atoms with Gasteiger partial charge in [-0.2, -0.15) is 0 Å². The van der Waals surface area contributed by atoms with Gasteiger partial charge >= 0.3 is 5.97 Å². The average molecular weight is 409 g/mol. The number of carboxylic acids is 1. The molecule has 0 amide bonds. The first-order chi connectivity index (χ1) is 13.7. The molecular formula is C25H44O2S. The van der Waals surface area contributed by atoms with Gasteiger partial charge < -0.3 is 5.11 Å². The third-order valence-corrected chi connectivity index (χ3v) is 6.83. The van der Waals surface area contributed by atoms with Crippen molar-refractivity contribution in [1.82, 2.24) is 0 Å². The van der Waals surface area contributed by atoms with Crippen molar-refractivity contribution in [2.75, 3.05) is 0 Å². The van der Waals surface area contributed by atoms with Gasteiger partial charge in [0.15, 0.2) is 0 Å². The highest BCUT2D eigenvalue weighted by molar-refractivity contribution is 7.10. The molecule has 0 aliphatic carbocycles. The van der Waals surface area contributed by atoms with Gasteiger partial charge in [-0.25, -0.2) is 4.79 Å². The van der Waals surface area contributed by atoms with Crippen LogP contribution in [0.4, 0.5) is 0 Å². The van der Waals surface area contributed by atoms with Gasteiger partial charge in [0.1, 0.15) is 0 Å². The molecule has 162 valence electrons. The van der Waals surface area contributed by atoms with Crippen LogP contribution in [0.2, 0.25) is 0 Å². The summed E-state index contributed by atoms with van der Waals surface area (Å²) in [6.07, 6.45) is 22.4. The molecule has 2 nitrogen and oxygen atoms in total. The standard InChI is InChI=1S/C25H44O2S/c1-3-5-7-9-11-12-14-16-18-22(17-15-13-10-8-6-4-2)21-24-23(25(26)27)19-20-28-24/h19-20,22H,3-18,21H2,1-2H3,(H,26,27). The van der Waals surface area contributed by atoms with Crippen LogP contribution < -0.4 is 0 Å². The van der Waals surface area contributed by atoms with Crippen LogP contribution in [0.25, 0.3) is 0 Å². The maximum absolute atomic E-state index is 11.4. The fourth-order valence-corrected chi connectivity index (χ4v) is 5.06. The lowest BCUT2D eigenvalue weighted by molar-refractivity contribution is 0.0696. The first-order valence-corrected chi connectivity index (χ1v) is 12.9. The minimum Gasteiger partial charge on any atom is -0.478 e. The zero-order valence-corrected chi connectivity index (χ0v) is 19.3. The molecule has 1 unspecified atom stereocenters. The minimum absolute atomic E-state index is 0.536. The Balaban J connectivity index is 2.35. The summed E-state index contributed by atoms with van der Waals surface area (Å²) in [5.41, 5.74) is 0.536. The summed E-state index contributed by atoms with van der Waals surface area (Å²) < 4.78 is 0. The second kappa shape index (κ2) is 17.1. The number of aromatic carboxylic acids is 1. The zero-order valence-electron chi connectivity index (χ0n) is 18.5. The molecule has 1 aromatic heterocycles. The summed E-state index contributed by atoms with van der Waals surface area (Å²) in [5, 5.41) is 11.3. The lowest BCUT2D eigenvalue weighted by atomic mass is 9.90. The summed E-state index contributed by atoms with van der Waals surface area (Å²) >= 11 is 1.63. The first kappa shape index (κ1) is 25.2. The van der Waals surface area contributed by atoms with Crippen LogP contribution in [0.3, 0.4) is 0 Å². The molecule has 1 aromatic rings. The average Bonchev–Trinajstić information content (AvgIpc) is 3.14. The molecule has 1 N–H and O–H groups in total. The van der Waals surface area contributed by atoms with Crippen LogP contribution >= 0.6 is 11.3 Å². The number of rotatable bonds is 19. The molecule has 0 bridgehead atoms. The maximum Gasteiger partial charge on any atom is 0.336 e. The Hall–Kier alpha value is -0.830. The molecule has 0 saturated heterocycles. The highest BCUT2D eigenvalue weighted by Crippen LogP contribution is 2.27. The zero-order chi connectivity index (χ0) is 20.5. The van der Waals surface area contributed by atoms with Crippen molar-refractivity contribution >= 4 is 17.3 Å². The Kier molecular flexibility index (Phi) is 15.4. The van der Waals surface area contributed by atoms with E-state index in [2.05, 4.69) is 13.8 Å². The summed E-state index contributed by atoms with van der Waals surface area (Å²) in [7, 11) is 0. The lowest BCUT2D eigenvalue weighted by Crippen LogP contribution is -2.07. The minimum atomic E-state index is -0.762. The molecule has 1 rings (SSSR count). The van der Waals surface area contributed by atoms with Gasteiger partial charge in [0, 0.05) is 4.88 Å². The van der Waals surface area contributed by atoms with Gasteiger partial charge in [-0.1, -0.05) is 117 Å². The van der Waals surface area contributed by atoms with Gasteiger partial charge in [-0.15, -0.1) is 11.3 Å². The van der Waals surface area contributed by atoms with E-state index in [1.54, 1.807) is 17.4 Å². The molecule has 0 spiro atoms. The maximum atomic E-state index is 11.4. The van der Waals surface area contributed by atoms with E-state index in [9.17, 15) is 9.90 Å². The molecule has 28 heavy (non-hydrogen) atoms. The third kappa shape index (κ3) is 11.9. The smallest absolute Gasteiger partial charge is 0.336 e.